The molecule has 6 nitrogen and oxygen atoms in total. The van der Waals surface area contributed by atoms with Crippen molar-refractivity contribution in [1.29, 1.82) is 0 Å². The summed E-state index contributed by atoms with van der Waals surface area (Å²) >= 11 is 0. The number of nitrogens with zero attached hydrogens (tertiary/aromatic N) is 3. The van der Waals surface area contributed by atoms with Gasteiger partial charge in [-0.15, -0.1) is 12.4 Å². The van der Waals surface area contributed by atoms with Gasteiger partial charge in [-0.2, -0.15) is 5.10 Å². The van der Waals surface area contributed by atoms with Crippen molar-refractivity contribution in [3.05, 3.63) is 29.2 Å². The van der Waals surface area contributed by atoms with Gasteiger partial charge in [0.25, 0.3) is 5.91 Å². The summed E-state index contributed by atoms with van der Waals surface area (Å²) < 4.78 is 1.72. The Morgan fingerprint density at radius 3 is 2.90 bits per heavy atom. The van der Waals surface area contributed by atoms with Gasteiger partial charge < -0.3 is 10.6 Å². The molecule has 0 bridgehead atoms. The molecule has 0 aliphatic carbocycles. The van der Waals surface area contributed by atoms with E-state index in [2.05, 4.69) is 20.7 Å². The van der Waals surface area contributed by atoms with Gasteiger partial charge in [-0.25, -0.2) is 9.50 Å². The van der Waals surface area contributed by atoms with Crippen LogP contribution >= 0.6 is 12.4 Å². The van der Waals surface area contributed by atoms with Gasteiger partial charge in [0, 0.05) is 37.8 Å². The molecular formula is C13H18ClN5O. The molecule has 1 aliphatic rings. The molecule has 3 heterocycles. The molecule has 3 rings (SSSR count). The Balaban J connectivity index is 0.00000147. The third-order valence-electron chi connectivity index (χ3n) is 3.51. The van der Waals surface area contributed by atoms with Crippen LogP contribution in [0.15, 0.2) is 12.3 Å². The van der Waals surface area contributed by atoms with Gasteiger partial charge in [0.15, 0.2) is 5.65 Å². The zero-order chi connectivity index (χ0) is 13.4. The van der Waals surface area contributed by atoms with E-state index < -0.39 is 0 Å². The number of hydrogen-bond donors (Lipinski definition) is 2. The highest BCUT2D eigenvalue weighted by Crippen LogP contribution is 2.11. The highest BCUT2D eigenvalue weighted by atomic mass is 35.5. The Kier molecular flexibility index (Phi) is 4.25. The highest BCUT2D eigenvalue weighted by molar-refractivity contribution is 5.95. The maximum atomic E-state index is 12.1. The van der Waals surface area contributed by atoms with Gasteiger partial charge in [0.05, 0.1) is 17.0 Å². The summed E-state index contributed by atoms with van der Waals surface area (Å²) in [5, 5.41) is 10.5. The largest absolute Gasteiger partial charge is 0.352 e. The summed E-state index contributed by atoms with van der Waals surface area (Å²) in [4.78, 5) is 16.4. The number of aryl methyl sites for hydroxylation is 2. The zero-order valence-electron chi connectivity index (χ0n) is 11.5. The summed E-state index contributed by atoms with van der Waals surface area (Å²) in [7, 11) is 0. The summed E-state index contributed by atoms with van der Waals surface area (Å²) in [5.74, 6) is 0.472. The van der Waals surface area contributed by atoms with Gasteiger partial charge in [0.1, 0.15) is 0 Å². The number of nitrogens with one attached hydrogen (secondary N) is 2. The second-order valence-electron chi connectivity index (χ2n) is 5.05. The lowest BCUT2D eigenvalue weighted by Gasteiger charge is -2.27. The van der Waals surface area contributed by atoms with Crippen molar-refractivity contribution in [1.82, 2.24) is 25.2 Å². The SMILES string of the molecule is Cc1cc2ncc(C(=O)NCC3CNC3)c(C)n2n1.Cl. The van der Waals surface area contributed by atoms with Crippen LogP contribution in [-0.4, -0.2) is 40.1 Å². The molecule has 0 atom stereocenters. The maximum Gasteiger partial charge on any atom is 0.254 e. The maximum absolute atomic E-state index is 12.1. The van der Waals surface area contributed by atoms with Crippen LogP contribution in [0.2, 0.25) is 0 Å². The first kappa shape index (κ1) is 14.7. The molecule has 0 aromatic carbocycles. The highest BCUT2D eigenvalue weighted by Gasteiger charge is 2.19. The second kappa shape index (κ2) is 5.76. The van der Waals surface area contributed by atoms with Crippen LogP contribution in [0.25, 0.3) is 5.65 Å². The van der Waals surface area contributed by atoms with Crippen LogP contribution in [-0.2, 0) is 0 Å². The first-order chi connectivity index (χ1) is 9.15. The second-order valence-corrected chi connectivity index (χ2v) is 5.05. The molecule has 0 spiro atoms. The Morgan fingerprint density at radius 1 is 1.50 bits per heavy atom. The Bertz CT molecular complexity index is 635. The van der Waals surface area contributed by atoms with Crippen LogP contribution in [0.1, 0.15) is 21.7 Å². The van der Waals surface area contributed by atoms with Crippen molar-refractivity contribution in [2.24, 2.45) is 5.92 Å². The molecule has 0 unspecified atom stereocenters. The van der Waals surface area contributed by atoms with Gasteiger partial charge in [-0.05, 0) is 13.8 Å². The molecule has 1 fully saturated rings. The third-order valence-corrected chi connectivity index (χ3v) is 3.51. The molecule has 1 saturated heterocycles. The Hall–Kier alpha value is -1.66. The first-order valence-electron chi connectivity index (χ1n) is 6.46. The number of carbonyl (C=O) groups is 1. The summed E-state index contributed by atoms with van der Waals surface area (Å²) in [6, 6.07) is 1.90. The van der Waals surface area contributed by atoms with Crippen LogP contribution in [0, 0.1) is 19.8 Å². The number of aromatic nitrogens is 3. The zero-order valence-corrected chi connectivity index (χ0v) is 12.3. The Labute approximate surface area is 123 Å². The van der Waals surface area contributed by atoms with Crippen LogP contribution in [0.3, 0.4) is 0 Å². The number of carbonyl (C=O) groups excluding carboxylic acids is 1. The average Bonchev–Trinajstić information content (AvgIpc) is 2.69. The van der Waals surface area contributed by atoms with E-state index in [0.717, 1.165) is 30.1 Å². The molecule has 0 saturated carbocycles. The number of amides is 1. The quantitative estimate of drug-likeness (QED) is 0.875. The van der Waals surface area contributed by atoms with E-state index in [0.29, 0.717) is 18.0 Å². The predicted octanol–water partition coefficient (Wildman–Crippen LogP) is 0.717. The average molecular weight is 296 g/mol. The fourth-order valence-electron chi connectivity index (χ4n) is 2.21. The van der Waals surface area contributed by atoms with Crippen molar-refractivity contribution in [2.45, 2.75) is 13.8 Å². The lowest BCUT2D eigenvalue weighted by molar-refractivity contribution is 0.0940. The summed E-state index contributed by atoms with van der Waals surface area (Å²) in [6.45, 7) is 6.48. The monoisotopic (exact) mass is 295 g/mol. The van der Waals surface area contributed by atoms with E-state index >= 15 is 0 Å². The van der Waals surface area contributed by atoms with Crippen molar-refractivity contribution in [3.8, 4) is 0 Å². The molecule has 0 radical (unpaired) electrons. The number of halogens is 1. The van der Waals surface area contributed by atoms with Crippen LogP contribution in [0.5, 0.6) is 0 Å². The summed E-state index contributed by atoms with van der Waals surface area (Å²) in [5.41, 5.74) is 3.08. The minimum Gasteiger partial charge on any atom is -0.352 e. The third kappa shape index (κ3) is 2.62. The molecule has 2 aromatic rings. The van der Waals surface area contributed by atoms with Gasteiger partial charge in [0.2, 0.25) is 0 Å². The lowest BCUT2D eigenvalue weighted by Crippen LogP contribution is -2.48. The van der Waals surface area contributed by atoms with E-state index in [1.165, 1.54) is 0 Å². The normalized spacial score (nSPS) is 14.7. The van der Waals surface area contributed by atoms with Gasteiger partial charge in [-0.1, -0.05) is 0 Å². The Morgan fingerprint density at radius 2 is 2.25 bits per heavy atom. The first-order valence-corrected chi connectivity index (χ1v) is 6.46. The minimum absolute atomic E-state index is 0. The van der Waals surface area contributed by atoms with Crippen molar-refractivity contribution in [2.75, 3.05) is 19.6 Å². The topological polar surface area (TPSA) is 71.3 Å². The lowest BCUT2D eigenvalue weighted by atomic mass is 10.0. The summed E-state index contributed by atoms with van der Waals surface area (Å²) in [6.07, 6.45) is 1.63. The van der Waals surface area contributed by atoms with Gasteiger partial charge >= 0.3 is 0 Å². The smallest absolute Gasteiger partial charge is 0.254 e. The van der Waals surface area contributed by atoms with E-state index in [9.17, 15) is 4.79 Å². The molecule has 1 amide bonds. The van der Waals surface area contributed by atoms with E-state index in [1.807, 2.05) is 19.9 Å². The molecule has 2 aromatic heterocycles. The van der Waals surface area contributed by atoms with Crippen LogP contribution in [0.4, 0.5) is 0 Å². The minimum atomic E-state index is -0.0769. The van der Waals surface area contributed by atoms with Gasteiger partial charge in [-0.3, -0.25) is 4.79 Å². The molecule has 2 N–H and O–H groups in total. The van der Waals surface area contributed by atoms with E-state index in [-0.39, 0.29) is 18.3 Å². The van der Waals surface area contributed by atoms with Crippen LogP contribution < -0.4 is 10.6 Å². The number of fused-ring (bicyclic) bond motifs is 1. The predicted molar refractivity (Wildman–Crippen MR) is 78.4 cm³/mol. The molecule has 20 heavy (non-hydrogen) atoms. The number of rotatable bonds is 3. The standard InChI is InChI=1S/C13H17N5O.ClH/c1-8-3-12-15-7-11(9(2)18(12)17-8)13(19)16-6-10-4-14-5-10;/h3,7,10,14H,4-6H2,1-2H3,(H,16,19);1H. The van der Waals surface area contributed by atoms with E-state index in [4.69, 9.17) is 0 Å². The molecule has 1 aliphatic heterocycles. The van der Waals surface area contributed by atoms with E-state index in [1.54, 1.807) is 10.7 Å². The molecular weight excluding hydrogens is 278 g/mol. The van der Waals surface area contributed by atoms with Crippen molar-refractivity contribution >= 4 is 24.0 Å². The molecule has 108 valence electrons. The fourth-order valence-corrected chi connectivity index (χ4v) is 2.21. The fraction of sp³-hybridized carbons (Fsp3) is 0.462. The van der Waals surface area contributed by atoms with Crippen molar-refractivity contribution in [3.63, 3.8) is 0 Å². The van der Waals surface area contributed by atoms with Crippen molar-refractivity contribution < 1.29 is 4.79 Å². The molecule has 7 heteroatoms. The number of hydrogen-bond acceptors (Lipinski definition) is 4.